The fourth-order valence-corrected chi connectivity index (χ4v) is 5.23. The van der Waals surface area contributed by atoms with E-state index >= 15 is 0 Å². The molecule has 0 atom stereocenters. The molecule has 3 aromatic carbocycles. The molecule has 0 aliphatic carbocycles. The summed E-state index contributed by atoms with van der Waals surface area (Å²) in [6.07, 6.45) is 0. The maximum atomic E-state index is 13.7. The number of carbonyl (C=O) groups is 1. The van der Waals surface area contributed by atoms with E-state index in [2.05, 4.69) is 30.9 Å². The van der Waals surface area contributed by atoms with Gasteiger partial charge in [0.2, 0.25) is 0 Å². The van der Waals surface area contributed by atoms with E-state index in [1.807, 2.05) is 54.6 Å². The second-order valence-corrected chi connectivity index (χ2v) is 9.40. The molecule has 6 nitrogen and oxygen atoms in total. The Morgan fingerprint density at radius 2 is 1.53 bits per heavy atom. The van der Waals surface area contributed by atoms with Crippen molar-refractivity contribution in [3.05, 3.63) is 72.3 Å². The van der Waals surface area contributed by atoms with Crippen LogP contribution in [0.25, 0.3) is 21.3 Å². The quantitative estimate of drug-likeness (QED) is 0.277. The topological polar surface area (TPSA) is 54.9 Å². The van der Waals surface area contributed by atoms with Gasteiger partial charge in [-0.05, 0) is 36.3 Å². The minimum Gasteiger partial charge on any atom is -0.486 e. The van der Waals surface area contributed by atoms with Crippen LogP contribution in [0.2, 0.25) is 0 Å². The van der Waals surface area contributed by atoms with Crippen LogP contribution in [0.4, 0.5) is 5.13 Å². The van der Waals surface area contributed by atoms with Crippen molar-refractivity contribution in [2.75, 3.05) is 44.3 Å². The first kappa shape index (κ1) is 25.9. The Bertz CT molecular complexity index is 1260. The van der Waals surface area contributed by atoms with Gasteiger partial charge in [-0.1, -0.05) is 67.6 Å². The summed E-state index contributed by atoms with van der Waals surface area (Å²) >= 11 is 1.51. The maximum Gasteiger partial charge on any atom is 0.260 e. The number of benzene rings is 3. The number of nitrogens with zero attached hydrogens (tertiary/aromatic N) is 3. The number of hydrogen-bond donors (Lipinski definition) is 0. The Kier molecular flexibility index (Phi) is 8.46. The second kappa shape index (κ2) is 11.7. The van der Waals surface area contributed by atoms with Crippen molar-refractivity contribution in [2.24, 2.45) is 0 Å². The molecule has 0 spiro atoms. The molecule has 2 heterocycles. The number of thiazole rings is 1. The number of rotatable bonds is 8. The summed E-state index contributed by atoms with van der Waals surface area (Å²) in [5.41, 5.74) is 3.68. The van der Waals surface area contributed by atoms with E-state index in [0.717, 1.165) is 46.7 Å². The summed E-state index contributed by atoms with van der Waals surface area (Å²) in [4.78, 5) is 22.7. The van der Waals surface area contributed by atoms with Gasteiger partial charge in [0, 0.05) is 30.8 Å². The molecule has 1 aromatic heterocycles. The predicted molar refractivity (Wildman–Crippen MR) is 149 cm³/mol. The lowest BCUT2D eigenvalue weighted by molar-refractivity contribution is 0.0984. The highest BCUT2D eigenvalue weighted by molar-refractivity contribution is 7.22. The lowest BCUT2D eigenvalue weighted by Crippen LogP contribution is -2.38. The van der Waals surface area contributed by atoms with Crippen LogP contribution in [0.1, 0.15) is 24.2 Å². The Morgan fingerprint density at radius 1 is 0.889 bits per heavy atom. The third kappa shape index (κ3) is 5.48. The standard InChI is InChI=1S/C28H29N3O3S.ClH/c1-3-30(4-2)14-15-31(27(32)22-12-10-21(11-13-22)20-8-6-5-7-9-20)28-29-23-18-24-25(19-26(23)35-28)34-17-16-33-24;/h5-13,18-19H,3-4,14-17H2,1-2H3;1H. The van der Waals surface area contributed by atoms with Crippen molar-refractivity contribution in [2.45, 2.75) is 13.8 Å². The summed E-state index contributed by atoms with van der Waals surface area (Å²) in [5, 5.41) is 0.687. The minimum absolute atomic E-state index is 0. The van der Waals surface area contributed by atoms with Gasteiger partial charge in [0.05, 0.1) is 10.2 Å². The summed E-state index contributed by atoms with van der Waals surface area (Å²) < 4.78 is 12.4. The number of ether oxygens (including phenoxy) is 2. The number of anilines is 1. The summed E-state index contributed by atoms with van der Waals surface area (Å²) in [5.74, 6) is 1.39. The summed E-state index contributed by atoms with van der Waals surface area (Å²) in [6, 6.07) is 21.9. The van der Waals surface area contributed by atoms with Gasteiger partial charge in [0.15, 0.2) is 16.6 Å². The number of hydrogen-bond acceptors (Lipinski definition) is 6. The Morgan fingerprint density at radius 3 is 2.19 bits per heavy atom. The maximum absolute atomic E-state index is 13.7. The second-order valence-electron chi connectivity index (χ2n) is 8.39. The smallest absolute Gasteiger partial charge is 0.260 e. The van der Waals surface area contributed by atoms with Gasteiger partial charge < -0.3 is 14.4 Å². The summed E-state index contributed by atoms with van der Waals surface area (Å²) in [7, 11) is 0. The van der Waals surface area contributed by atoms with Crippen molar-refractivity contribution in [3.63, 3.8) is 0 Å². The lowest BCUT2D eigenvalue weighted by atomic mass is 10.0. The van der Waals surface area contributed by atoms with Gasteiger partial charge in [-0.25, -0.2) is 4.98 Å². The molecular formula is C28H30ClN3O3S. The zero-order chi connectivity index (χ0) is 24.2. The van der Waals surface area contributed by atoms with E-state index in [4.69, 9.17) is 14.5 Å². The third-order valence-corrected chi connectivity index (χ3v) is 7.33. The highest BCUT2D eigenvalue weighted by Crippen LogP contribution is 2.39. The molecule has 0 saturated carbocycles. The minimum atomic E-state index is -0.0481. The normalized spacial score (nSPS) is 12.4. The number of likely N-dealkylation sites (N-methyl/N-ethyl adjacent to an activating group) is 1. The molecule has 0 N–H and O–H groups in total. The van der Waals surface area contributed by atoms with Crippen LogP contribution in [-0.2, 0) is 0 Å². The fraction of sp³-hybridized carbons (Fsp3) is 0.286. The monoisotopic (exact) mass is 523 g/mol. The molecule has 1 aliphatic heterocycles. The molecule has 5 rings (SSSR count). The van der Waals surface area contributed by atoms with Gasteiger partial charge in [0.1, 0.15) is 13.2 Å². The molecular weight excluding hydrogens is 494 g/mol. The molecule has 0 saturated heterocycles. The molecule has 0 bridgehead atoms. The van der Waals surface area contributed by atoms with Gasteiger partial charge in [0.25, 0.3) is 5.91 Å². The van der Waals surface area contributed by atoms with Crippen molar-refractivity contribution < 1.29 is 14.3 Å². The third-order valence-electron chi connectivity index (χ3n) is 6.29. The highest BCUT2D eigenvalue weighted by atomic mass is 35.5. The Labute approximate surface area is 221 Å². The number of amides is 1. The molecule has 188 valence electrons. The van der Waals surface area contributed by atoms with Crippen molar-refractivity contribution >= 4 is 45.0 Å². The largest absolute Gasteiger partial charge is 0.486 e. The van der Waals surface area contributed by atoms with Crippen molar-refractivity contribution in [1.29, 1.82) is 0 Å². The average Bonchev–Trinajstić information content (AvgIpc) is 3.32. The van der Waals surface area contributed by atoms with Crippen LogP contribution in [0.3, 0.4) is 0 Å². The average molecular weight is 524 g/mol. The molecule has 0 unspecified atom stereocenters. The van der Waals surface area contributed by atoms with Gasteiger partial charge in [-0.2, -0.15) is 0 Å². The zero-order valence-electron chi connectivity index (χ0n) is 20.5. The number of halogens is 1. The van der Waals surface area contributed by atoms with Crippen LogP contribution in [0.15, 0.2) is 66.7 Å². The van der Waals surface area contributed by atoms with Crippen LogP contribution >= 0.6 is 23.7 Å². The molecule has 0 radical (unpaired) electrons. The number of aromatic nitrogens is 1. The van der Waals surface area contributed by atoms with Gasteiger partial charge in [-0.15, -0.1) is 12.4 Å². The SMILES string of the molecule is CCN(CC)CCN(C(=O)c1ccc(-c2ccccc2)cc1)c1nc2cc3c(cc2s1)OCCO3.Cl. The first-order valence-corrected chi connectivity index (χ1v) is 12.9. The van der Waals surface area contributed by atoms with E-state index < -0.39 is 0 Å². The van der Waals surface area contributed by atoms with Crippen LogP contribution in [0.5, 0.6) is 11.5 Å². The molecule has 36 heavy (non-hydrogen) atoms. The summed E-state index contributed by atoms with van der Waals surface area (Å²) in [6.45, 7) is 8.56. The van der Waals surface area contributed by atoms with Crippen LogP contribution in [-0.4, -0.2) is 55.2 Å². The zero-order valence-corrected chi connectivity index (χ0v) is 22.1. The lowest BCUT2D eigenvalue weighted by Gasteiger charge is -2.24. The van der Waals surface area contributed by atoms with E-state index in [-0.39, 0.29) is 18.3 Å². The van der Waals surface area contributed by atoms with E-state index in [9.17, 15) is 4.79 Å². The fourth-order valence-electron chi connectivity index (χ4n) is 4.23. The molecule has 1 aliphatic rings. The van der Waals surface area contributed by atoms with E-state index in [1.54, 1.807) is 4.90 Å². The van der Waals surface area contributed by atoms with Gasteiger partial charge in [-0.3, -0.25) is 9.69 Å². The highest BCUT2D eigenvalue weighted by Gasteiger charge is 2.23. The Balaban J connectivity index is 0.00000304. The molecule has 4 aromatic rings. The molecule has 0 fully saturated rings. The first-order chi connectivity index (χ1) is 17.2. The van der Waals surface area contributed by atoms with E-state index in [1.165, 1.54) is 11.3 Å². The predicted octanol–water partition coefficient (Wildman–Crippen LogP) is 6.14. The van der Waals surface area contributed by atoms with Crippen molar-refractivity contribution in [1.82, 2.24) is 9.88 Å². The van der Waals surface area contributed by atoms with Crippen LogP contribution in [0, 0.1) is 0 Å². The van der Waals surface area contributed by atoms with E-state index in [0.29, 0.717) is 36.2 Å². The molecule has 8 heteroatoms. The molecule has 1 amide bonds. The van der Waals surface area contributed by atoms with Crippen LogP contribution < -0.4 is 14.4 Å². The number of fused-ring (bicyclic) bond motifs is 2. The Hall–Kier alpha value is -3.13. The van der Waals surface area contributed by atoms with Crippen molar-refractivity contribution in [3.8, 4) is 22.6 Å². The first-order valence-electron chi connectivity index (χ1n) is 12.1. The number of carbonyl (C=O) groups excluding carboxylic acids is 1. The van der Waals surface area contributed by atoms with Gasteiger partial charge >= 0.3 is 0 Å².